The molecule has 0 aromatic carbocycles. The average Bonchev–Trinajstić information content (AvgIpc) is 3.12. The SMILES string of the molecule is CN=C(NCCc1noc(-c2ccccn2)n1)NCCN(C(C)C)C(C)C.I. The first-order valence-electron chi connectivity index (χ1n) is 9.45. The van der Waals surface area contributed by atoms with Gasteiger partial charge in [-0.15, -0.1) is 24.0 Å². The zero-order chi connectivity index (χ0) is 19.6. The van der Waals surface area contributed by atoms with E-state index in [4.69, 9.17) is 4.52 Å². The van der Waals surface area contributed by atoms with Crippen LogP contribution < -0.4 is 10.6 Å². The molecule has 0 aliphatic heterocycles. The Morgan fingerprint density at radius 1 is 1.14 bits per heavy atom. The van der Waals surface area contributed by atoms with E-state index in [1.807, 2.05) is 18.2 Å². The summed E-state index contributed by atoms with van der Waals surface area (Å²) in [5.74, 6) is 1.86. The van der Waals surface area contributed by atoms with E-state index in [9.17, 15) is 0 Å². The van der Waals surface area contributed by atoms with Crippen LogP contribution in [0.1, 0.15) is 33.5 Å². The van der Waals surface area contributed by atoms with Crippen molar-refractivity contribution in [3.05, 3.63) is 30.2 Å². The molecular weight excluding hydrogens is 469 g/mol. The maximum atomic E-state index is 5.27. The molecule has 2 aromatic rings. The van der Waals surface area contributed by atoms with Crippen LogP contribution in [0.15, 0.2) is 33.9 Å². The monoisotopic (exact) mass is 501 g/mol. The van der Waals surface area contributed by atoms with Crippen LogP contribution in [-0.2, 0) is 6.42 Å². The van der Waals surface area contributed by atoms with Crippen LogP contribution >= 0.6 is 24.0 Å². The van der Waals surface area contributed by atoms with Crippen LogP contribution in [-0.4, -0.2) is 64.7 Å². The standard InChI is InChI=1S/C19H31N7O.HI/c1-14(2)26(15(3)4)13-12-23-19(20-5)22-11-9-17-24-18(27-25-17)16-8-6-7-10-21-16;/h6-8,10,14-15H,9,11-13H2,1-5H3,(H2,20,22,23);1H. The van der Waals surface area contributed by atoms with Gasteiger partial charge in [0.25, 0.3) is 5.89 Å². The van der Waals surface area contributed by atoms with E-state index in [1.165, 1.54) is 0 Å². The van der Waals surface area contributed by atoms with E-state index in [0.717, 1.165) is 19.0 Å². The predicted molar refractivity (Wildman–Crippen MR) is 123 cm³/mol. The summed E-state index contributed by atoms with van der Waals surface area (Å²) in [6.07, 6.45) is 2.34. The first kappa shape index (κ1) is 24.3. The summed E-state index contributed by atoms with van der Waals surface area (Å²) in [4.78, 5) is 15.3. The maximum Gasteiger partial charge on any atom is 0.276 e. The fourth-order valence-corrected chi connectivity index (χ4v) is 2.88. The highest BCUT2D eigenvalue weighted by Gasteiger charge is 2.13. The molecule has 0 aliphatic carbocycles. The molecule has 0 spiro atoms. The van der Waals surface area contributed by atoms with Gasteiger partial charge in [0.15, 0.2) is 11.8 Å². The van der Waals surface area contributed by atoms with Crippen LogP contribution in [0.3, 0.4) is 0 Å². The molecule has 28 heavy (non-hydrogen) atoms. The molecule has 0 saturated carbocycles. The fraction of sp³-hybridized carbons (Fsp3) is 0.579. The van der Waals surface area contributed by atoms with Crippen molar-refractivity contribution < 1.29 is 4.52 Å². The van der Waals surface area contributed by atoms with Crippen LogP contribution in [0, 0.1) is 0 Å². The first-order valence-corrected chi connectivity index (χ1v) is 9.45. The van der Waals surface area contributed by atoms with Crippen molar-refractivity contribution in [2.45, 2.75) is 46.2 Å². The van der Waals surface area contributed by atoms with Gasteiger partial charge in [-0.25, -0.2) is 0 Å². The lowest BCUT2D eigenvalue weighted by Gasteiger charge is -2.30. The number of hydrogen-bond acceptors (Lipinski definition) is 6. The molecule has 9 heteroatoms. The molecule has 2 aromatic heterocycles. The number of nitrogens with one attached hydrogen (secondary N) is 2. The molecule has 156 valence electrons. The molecule has 2 rings (SSSR count). The number of halogens is 1. The van der Waals surface area contributed by atoms with Gasteiger partial charge in [0, 0.05) is 51.4 Å². The number of rotatable bonds is 9. The van der Waals surface area contributed by atoms with Crippen molar-refractivity contribution in [2.75, 3.05) is 26.7 Å². The number of pyridine rings is 1. The molecule has 0 radical (unpaired) electrons. The van der Waals surface area contributed by atoms with Gasteiger partial charge in [0.2, 0.25) is 0 Å². The smallest absolute Gasteiger partial charge is 0.276 e. The van der Waals surface area contributed by atoms with Crippen molar-refractivity contribution in [3.63, 3.8) is 0 Å². The molecule has 0 saturated heterocycles. The Hall–Kier alpha value is -1.75. The summed E-state index contributed by atoms with van der Waals surface area (Å²) in [5.41, 5.74) is 0.682. The summed E-state index contributed by atoms with van der Waals surface area (Å²) < 4.78 is 5.27. The zero-order valence-electron chi connectivity index (χ0n) is 17.3. The second-order valence-electron chi connectivity index (χ2n) is 6.83. The molecule has 0 amide bonds. The van der Waals surface area contributed by atoms with Gasteiger partial charge >= 0.3 is 0 Å². The lowest BCUT2D eigenvalue weighted by molar-refractivity contribution is 0.178. The number of aromatic nitrogens is 3. The van der Waals surface area contributed by atoms with Crippen LogP contribution in [0.2, 0.25) is 0 Å². The Labute approximate surface area is 184 Å². The maximum absolute atomic E-state index is 5.27. The van der Waals surface area contributed by atoms with E-state index >= 15 is 0 Å². The highest BCUT2D eigenvalue weighted by Crippen LogP contribution is 2.13. The van der Waals surface area contributed by atoms with Crippen molar-refractivity contribution >= 4 is 29.9 Å². The number of aliphatic imine (C=N–C) groups is 1. The fourth-order valence-electron chi connectivity index (χ4n) is 2.88. The number of hydrogen-bond donors (Lipinski definition) is 2. The summed E-state index contributed by atoms with van der Waals surface area (Å²) in [7, 11) is 1.77. The minimum absolute atomic E-state index is 0. The molecule has 8 nitrogen and oxygen atoms in total. The van der Waals surface area contributed by atoms with Crippen molar-refractivity contribution in [1.82, 2.24) is 30.7 Å². The minimum atomic E-state index is 0. The van der Waals surface area contributed by atoms with Crippen molar-refractivity contribution in [1.29, 1.82) is 0 Å². The minimum Gasteiger partial charge on any atom is -0.356 e. The Kier molecular flexibility index (Phi) is 11.0. The molecule has 0 bridgehead atoms. The van der Waals surface area contributed by atoms with E-state index < -0.39 is 0 Å². The normalized spacial score (nSPS) is 11.8. The quantitative estimate of drug-likeness (QED) is 0.310. The lowest BCUT2D eigenvalue weighted by Crippen LogP contribution is -2.45. The summed E-state index contributed by atoms with van der Waals surface area (Å²) in [5, 5.41) is 10.6. The highest BCUT2D eigenvalue weighted by molar-refractivity contribution is 14.0. The van der Waals surface area contributed by atoms with Crippen molar-refractivity contribution in [3.8, 4) is 11.6 Å². The molecule has 0 aliphatic rings. The molecule has 2 heterocycles. The van der Waals surface area contributed by atoms with Crippen LogP contribution in [0.25, 0.3) is 11.6 Å². The number of nitrogens with zero attached hydrogens (tertiary/aromatic N) is 5. The second kappa shape index (κ2) is 12.7. The lowest BCUT2D eigenvalue weighted by atomic mass is 10.2. The Morgan fingerprint density at radius 2 is 1.86 bits per heavy atom. The van der Waals surface area contributed by atoms with E-state index in [-0.39, 0.29) is 24.0 Å². The Morgan fingerprint density at radius 3 is 2.46 bits per heavy atom. The Bertz CT molecular complexity index is 695. The third kappa shape index (κ3) is 7.70. The predicted octanol–water partition coefficient (Wildman–Crippen LogP) is 2.58. The molecule has 2 N–H and O–H groups in total. The van der Waals surface area contributed by atoms with E-state index in [1.54, 1.807) is 13.2 Å². The van der Waals surface area contributed by atoms with Gasteiger partial charge in [-0.1, -0.05) is 11.2 Å². The second-order valence-corrected chi connectivity index (χ2v) is 6.83. The highest BCUT2D eigenvalue weighted by atomic mass is 127. The van der Waals surface area contributed by atoms with Gasteiger partial charge in [-0.05, 0) is 39.8 Å². The van der Waals surface area contributed by atoms with Gasteiger partial charge < -0.3 is 15.2 Å². The summed E-state index contributed by atoms with van der Waals surface area (Å²) >= 11 is 0. The molecule has 0 atom stereocenters. The van der Waals surface area contributed by atoms with Crippen LogP contribution in [0.4, 0.5) is 0 Å². The van der Waals surface area contributed by atoms with E-state index in [2.05, 4.69) is 63.3 Å². The van der Waals surface area contributed by atoms with E-state index in [0.29, 0.717) is 42.5 Å². The summed E-state index contributed by atoms with van der Waals surface area (Å²) in [6, 6.07) is 6.63. The number of guanidine groups is 1. The van der Waals surface area contributed by atoms with Gasteiger partial charge in [-0.3, -0.25) is 14.9 Å². The zero-order valence-corrected chi connectivity index (χ0v) is 19.7. The topological polar surface area (TPSA) is 91.5 Å². The third-order valence-corrected chi connectivity index (χ3v) is 4.21. The van der Waals surface area contributed by atoms with Gasteiger partial charge in [0.05, 0.1) is 0 Å². The molecular formula is C19H32IN7O. The first-order chi connectivity index (χ1) is 13.0. The molecule has 0 unspecified atom stereocenters. The Balaban J connectivity index is 0.00000392. The average molecular weight is 501 g/mol. The molecule has 0 fully saturated rings. The summed E-state index contributed by atoms with van der Waals surface area (Å²) in [6.45, 7) is 11.3. The van der Waals surface area contributed by atoms with Crippen molar-refractivity contribution in [2.24, 2.45) is 4.99 Å². The third-order valence-electron chi connectivity index (χ3n) is 4.21. The largest absolute Gasteiger partial charge is 0.356 e. The van der Waals surface area contributed by atoms with Crippen LogP contribution in [0.5, 0.6) is 0 Å². The van der Waals surface area contributed by atoms with Gasteiger partial charge in [0.1, 0.15) is 5.69 Å². The van der Waals surface area contributed by atoms with Gasteiger partial charge in [-0.2, -0.15) is 4.98 Å².